The van der Waals surface area contributed by atoms with Crippen LogP contribution in [0.5, 0.6) is 5.75 Å². The van der Waals surface area contributed by atoms with Crippen molar-refractivity contribution in [1.29, 1.82) is 0 Å². The van der Waals surface area contributed by atoms with Crippen LogP contribution in [0.3, 0.4) is 0 Å². The lowest BCUT2D eigenvalue weighted by Gasteiger charge is -2.28. The van der Waals surface area contributed by atoms with Gasteiger partial charge in [-0.3, -0.25) is 0 Å². The summed E-state index contributed by atoms with van der Waals surface area (Å²) in [5.74, 6) is 2.02. The summed E-state index contributed by atoms with van der Waals surface area (Å²) in [7, 11) is 0. The van der Waals surface area contributed by atoms with Gasteiger partial charge in [-0.25, -0.2) is 4.98 Å². The van der Waals surface area contributed by atoms with Crippen molar-refractivity contribution in [3.63, 3.8) is 0 Å². The first-order chi connectivity index (χ1) is 9.78. The summed E-state index contributed by atoms with van der Waals surface area (Å²) in [4.78, 5) is 4.33. The van der Waals surface area contributed by atoms with E-state index in [1.54, 1.807) is 6.20 Å². The number of aliphatic hydroxyl groups excluding tert-OH is 1. The molecule has 0 aliphatic carbocycles. The Bertz CT molecular complexity index is 579. The monoisotopic (exact) mass is 272 g/mol. The predicted molar refractivity (Wildman–Crippen MR) is 76.7 cm³/mol. The molecule has 1 aromatic heterocycles. The average Bonchev–Trinajstić information content (AvgIpc) is 2.94. The van der Waals surface area contributed by atoms with E-state index in [0.29, 0.717) is 13.0 Å². The summed E-state index contributed by atoms with van der Waals surface area (Å²) in [6.07, 6.45) is 4.77. The van der Waals surface area contributed by atoms with E-state index < -0.39 is 6.10 Å². The Labute approximate surface area is 119 Å². The van der Waals surface area contributed by atoms with Crippen LogP contribution >= 0.6 is 0 Å². The van der Waals surface area contributed by atoms with E-state index in [0.717, 1.165) is 24.5 Å². The molecule has 1 aromatic carbocycles. The largest absolute Gasteiger partial charge is 0.493 e. The van der Waals surface area contributed by atoms with Gasteiger partial charge in [0, 0.05) is 31.3 Å². The summed E-state index contributed by atoms with van der Waals surface area (Å²) in [6, 6.07) is 8.05. The van der Waals surface area contributed by atoms with E-state index in [9.17, 15) is 5.11 Å². The molecule has 20 heavy (non-hydrogen) atoms. The highest BCUT2D eigenvalue weighted by atomic mass is 16.5. The third kappa shape index (κ3) is 2.56. The maximum atomic E-state index is 10.5. The van der Waals surface area contributed by atoms with Gasteiger partial charge in [-0.2, -0.15) is 0 Å². The van der Waals surface area contributed by atoms with Crippen LogP contribution in [0, 0.1) is 5.92 Å². The number of ether oxygens (including phenoxy) is 1. The number of benzene rings is 1. The highest BCUT2D eigenvalue weighted by Crippen LogP contribution is 2.29. The molecule has 2 aromatic rings. The number of para-hydroxylation sites is 1. The highest BCUT2D eigenvalue weighted by Gasteiger charge is 2.27. The minimum absolute atomic E-state index is 0.131. The molecule has 1 N–H and O–H groups in total. The number of imidazole rings is 1. The van der Waals surface area contributed by atoms with Crippen LogP contribution < -0.4 is 4.74 Å². The first-order valence-electron chi connectivity index (χ1n) is 7.16. The number of hydrogen-bond donors (Lipinski definition) is 1. The van der Waals surface area contributed by atoms with E-state index in [1.807, 2.05) is 24.4 Å². The van der Waals surface area contributed by atoms with Gasteiger partial charge in [0.1, 0.15) is 11.6 Å². The van der Waals surface area contributed by atoms with Crippen LogP contribution in [0.2, 0.25) is 0 Å². The second-order valence-corrected chi connectivity index (χ2v) is 5.28. The van der Waals surface area contributed by atoms with Crippen molar-refractivity contribution in [3.8, 4) is 5.75 Å². The lowest BCUT2D eigenvalue weighted by molar-refractivity contribution is 0.0632. The predicted octanol–water partition coefficient (Wildman–Crippen LogP) is 2.06. The number of aliphatic hydroxyl groups is 1. The zero-order chi connectivity index (χ0) is 13.9. The van der Waals surface area contributed by atoms with E-state index in [-0.39, 0.29) is 5.92 Å². The van der Waals surface area contributed by atoms with Gasteiger partial charge >= 0.3 is 0 Å². The Hall–Kier alpha value is -1.81. The number of aromatic nitrogens is 2. The van der Waals surface area contributed by atoms with Crippen LogP contribution in [-0.4, -0.2) is 27.4 Å². The molecule has 0 fully saturated rings. The molecule has 4 nitrogen and oxygen atoms in total. The summed E-state index contributed by atoms with van der Waals surface area (Å²) in [5.41, 5.74) is 1.18. The van der Waals surface area contributed by atoms with E-state index in [4.69, 9.17) is 4.74 Å². The standard InChI is InChI=1S/C16H20N2O2/c1-2-18-8-7-17-16(18)10-14(19)13-9-12-5-3-4-6-15(12)20-11-13/h3-8,13-14,19H,2,9-11H2,1H3. The van der Waals surface area contributed by atoms with Crippen molar-refractivity contribution in [2.45, 2.75) is 32.4 Å². The highest BCUT2D eigenvalue weighted by molar-refractivity contribution is 5.35. The van der Waals surface area contributed by atoms with Crippen LogP contribution in [0.25, 0.3) is 0 Å². The first-order valence-corrected chi connectivity index (χ1v) is 7.16. The smallest absolute Gasteiger partial charge is 0.122 e. The number of rotatable bonds is 4. The molecule has 3 rings (SSSR count). The maximum absolute atomic E-state index is 10.5. The molecule has 0 saturated carbocycles. The van der Waals surface area contributed by atoms with Crippen molar-refractivity contribution >= 4 is 0 Å². The Morgan fingerprint density at radius 2 is 2.30 bits per heavy atom. The van der Waals surface area contributed by atoms with Gasteiger partial charge in [0.15, 0.2) is 0 Å². The number of fused-ring (bicyclic) bond motifs is 1. The molecule has 1 aliphatic rings. The Balaban J connectivity index is 1.68. The molecule has 0 amide bonds. The molecule has 2 atom stereocenters. The molecule has 4 heteroatoms. The second kappa shape index (κ2) is 5.67. The molecule has 0 saturated heterocycles. The number of aryl methyl sites for hydroxylation is 1. The Kier molecular flexibility index (Phi) is 3.74. The number of hydrogen-bond acceptors (Lipinski definition) is 3. The van der Waals surface area contributed by atoms with Gasteiger partial charge in [0.05, 0.1) is 12.7 Å². The maximum Gasteiger partial charge on any atom is 0.122 e. The molecule has 1 aliphatic heterocycles. The van der Waals surface area contributed by atoms with Gasteiger partial charge in [-0.05, 0) is 25.0 Å². The lowest BCUT2D eigenvalue weighted by Crippen LogP contribution is -2.33. The van der Waals surface area contributed by atoms with Gasteiger partial charge in [-0.1, -0.05) is 18.2 Å². The fraction of sp³-hybridized carbons (Fsp3) is 0.438. The summed E-state index contributed by atoms with van der Waals surface area (Å²) < 4.78 is 7.82. The zero-order valence-corrected chi connectivity index (χ0v) is 11.7. The molecule has 0 spiro atoms. The molecule has 106 valence electrons. The van der Waals surface area contributed by atoms with E-state index in [1.165, 1.54) is 5.56 Å². The van der Waals surface area contributed by atoms with Gasteiger partial charge in [0.25, 0.3) is 0 Å². The summed E-state index contributed by atoms with van der Waals surface area (Å²) in [5, 5.41) is 10.5. The van der Waals surface area contributed by atoms with E-state index >= 15 is 0 Å². The minimum atomic E-state index is -0.420. The number of nitrogens with zero attached hydrogens (tertiary/aromatic N) is 2. The van der Waals surface area contributed by atoms with Crippen molar-refractivity contribution in [3.05, 3.63) is 48.0 Å². The van der Waals surface area contributed by atoms with Crippen LogP contribution in [0.4, 0.5) is 0 Å². The fourth-order valence-electron chi connectivity index (χ4n) is 2.77. The molecule has 0 bridgehead atoms. The molecule has 2 unspecified atom stereocenters. The second-order valence-electron chi connectivity index (χ2n) is 5.28. The SMILES string of the molecule is CCn1ccnc1CC(O)C1COc2ccccc2C1. The van der Waals surface area contributed by atoms with E-state index in [2.05, 4.69) is 22.5 Å². The molecular formula is C16H20N2O2. The fourth-order valence-corrected chi connectivity index (χ4v) is 2.77. The molecule has 0 radical (unpaired) electrons. The third-order valence-electron chi connectivity index (χ3n) is 3.99. The van der Waals surface area contributed by atoms with Gasteiger partial charge in [0.2, 0.25) is 0 Å². The Morgan fingerprint density at radius 1 is 1.45 bits per heavy atom. The lowest BCUT2D eigenvalue weighted by atomic mass is 9.90. The van der Waals surface area contributed by atoms with Gasteiger partial charge in [-0.15, -0.1) is 0 Å². The first kappa shape index (κ1) is 13.2. The Morgan fingerprint density at radius 3 is 3.15 bits per heavy atom. The van der Waals surface area contributed by atoms with Crippen molar-refractivity contribution < 1.29 is 9.84 Å². The summed E-state index contributed by atoms with van der Waals surface area (Å²) >= 11 is 0. The molecular weight excluding hydrogens is 252 g/mol. The van der Waals surface area contributed by atoms with Crippen LogP contribution in [0.1, 0.15) is 18.3 Å². The molecule has 2 heterocycles. The normalized spacial score (nSPS) is 19.2. The van der Waals surface area contributed by atoms with Crippen molar-refractivity contribution in [2.75, 3.05) is 6.61 Å². The quantitative estimate of drug-likeness (QED) is 0.926. The van der Waals surface area contributed by atoms with Crippen LogP contribution in [-0.2, 0) is 19.4 Å². The topological polar surface area (TPSA) is 47.3 Å². The third-order valence-corrected chi connectivity index (χ3v) is 3.99. The summed E-state index contributed by atoms with van der Waals surface area (Å²) in [6.45, 7) is 3.54. The zero-order valence-electron chi connectivity index (χ0n) is 11.7. The minimum Gasteiger partial charge on any atom is -0.493 e. The van der Waals surface area contributed by atoms with Crippen molar-refractivity contribution in [2.24, 2.45) is 5.92 Å². The average molecular weight is 272 g/mol. The van der Waals surface area contributed by atoms with Gasteiger partial charge < -0.3 is 14.4 Å². The van der Waals surface area contributed by atoms with Crippen molar-refractivity contribution in [1.82, 2.24) is 9.55 Å². The van der Waals surface area contributed by atoms with Crippen LogP contribution in [0.15, 0.2) is 36.7 Å².